The van der Waals surface area contributed by atoms with Crippen LogP contribution in [0.15, 0.2) is 43.0 Å². The predicted molar refractivity (Wildman–Crippen MR) is 62.4 cm³/mol. The van der Waals surface area contributed by atoms with E-state index in [1.165, 1.54) is 0 Å². The van der Waals surface area contributed by atoms with Crippen molar-refractivity contribution in [2.24, 2.45) is 7.05 Å². The van der Waals surface area contributed by atoms with E-state index in [9.17, 15) is 10.1 Å². The van der Waals surface area contributed by atoms with Gasteiger partial charge in [-0.2, -0.15) is 0 Å². The van der Waals surface area contributed by atoms with E-state index in [4.69, 9.17) is 0 Å². The number of hydrogen-bond donors (Lipinski definition) is 0. The van der Waals surface area contributed by atoms with Crippen molar-refractivity contribution in [3.63, 3.8) is 0 Å². The molecule has 0 atom stereocenters. The highest BCUT2D eigenvalue weighted by molar-refractivity contribution is 5.32. The summed E-state index contributed by atoms with van der Waals surface area (Å²) in [5.41, 5.74) is 1.24. The Morgan fingerprint density at radius 1 is 1.35 bits per heavy atom. The molecule has 1 aromatic carbocycles. The molecule has 2 rings (SSSR count). The Balaban J connectivity index is 1.97. The zero-order valence-electron chi connectivity index (χ0n) is 9.61. The van der Waals surface area contributed by atoms with E-state index in [2.05, 4.69) is 4.57 Å². The van der Waals surface area contributed by atoms with Crippen LogP contribution in [0.25, 0.3) is 0 Å². The average molecular weight is 232 g/mol. The highest BCUT2D eigenvalue weighted by atomic mass is 16.6. The predicted octanol–water partition coefficient (Wildman–Crippen LogP) is 1.46. The molecule has 17 heavy (non-hydrogen) atoms. The lowest BCUT2D eigenvalue weighted by atomic mass is 10.1. The summed E-state index contributed by atoms with van der Waals surface area (Å²) >= 11 is 0. The fourth-order valence-corrected chi connectivity index (χ4v) is 1.68. The molecular weight excluding hydrogens is 218 g/mol. The third kappa shape index (κ3) is 2.90. The molecule has 0 bridgehead atoms. The third-order valence-electron chi connectivity index (χ3n) is 2.63. The van der Waals surface area contributed by atoms with Crippen LogP contribution in [0, 0.1) is 10.1 Å². The van der Waals surface area contributed by atoms with E-state index in [-0.39, 0.29) is 10.6 Å². The minimum absolute atomic E-state index is 0.140. The molecule has 0 radical (unpaired) electrons. The zero-order valence-corrected chi connectivity index (χ0v) is 9.61. The van der Waals surface area contributed by atoms with Gasteiger partial charge in [0.2, 0.25) is 6.33 Å². The normalized spacial score (nSPS) is 10.4. The van der Waals surface area contributed by atoms with E-state index in [1.807, 2.05) is 42.5 Å². The molecule has 2 aromatic rings. The number of aryl methyl sites for hydroxylation is 3. The molecule has 5 nitrogen and oxygen atoms in total. The number of nitro benzene ring substituents is 1. The van der Waals surface area contributed by atoms with Crippen LogP contribution < -0.4 is 4.57 Å². The molecule has 1 aromatic heterocycles. The number of benzene rings is 1. The van der Waals surface area contributed by atoms with Crippen LogP contribution in [-0.4, -0.2) is 9.49 Å². The number of non-ortho nitro benzene ring substituents is 1. The molecular formula is C12H14N3O2+. The monoisotopic (exact) mass is 232 g/mol. The molecule has 1 heterocycles. The Kier molecular flexibility index (Phi) is 3.18. The minimum atomic E-state index is -0.379. The van der Waals surface area contributed by atoms with Crippen LogP contribution in [-0.2, 0) is 20.0 Å². The van der Waals surface area contributed by atoms with E-state index in [0.29, 0.717) is 0 Å². The first kappa shape index (κ1) is 11.3. The first-order chi connectivity index (χ1) is 8.15. The number of nitro groups is 1. The van der Waals surface area contributed by atoms with Gasteiger partial charge in [0.1, 0.15) is 12.4 Å². The lowest BCUT2D eigenvalue weighted by molar-refractivity contribution is -0.671. The van der Waals surface area contributed by atoms with Gasteiger partial charge < -0.3 is 0 Å². The van der Waals surface area contributed by atoms with Crippen molar-refractivity contribution in [2.45, 2.75) is 13.0 Å². The molecule has 0 N–H and O–H groups in total. The molecule has 0 aliphatic carbocycles. The summed E-state index contributed by atoms with van der Waals surface area (Å²) in [5, 5.41) is 10.5. The Labute approximate surface area is 99.1 Å². The average Bonchev–Trinajstić information content (AvgIpc) is 2.73. The van der Waals surface area contributed by atoms with Crippen molar-refractivity contribution in [1.29, 1.82) is 0 Å². The van der Waals surface area contributed by atoms with Crippen molar-refractivity contribution < 1.29 is 9.49 Å². The number of nitrogens with zero attached hydrogens (tertiary/aromatic N) is 3. The van der Waals surface area contributed by atoms with Crippen molar-refractivity contribution in [3.8, 4) is 0 Å². The Morgan fingerprint density at radius 3 is 2.59 bits per heavy atom. The summed E-state index contributed by atoms with van der Waals surface area (Å²) < 4.78 is 4.07. The van der Waals surface area contributed by atoms with E-state index in [0.717, 1.165) is 18.5 Å². The van der Waals surface area contributed by atoms with Gasteiger partial charge in [-0.25, -0.2) is 9.13 Å². The summed E-state index contributed by atoms with van der Waals surface area (Å²) in [5.74, 6) is 0. The van der Waals surface area contributed by atoms with Gasteiger partial charge in [-0.3, -0.25) is 10.1 Å². The molecule has 0 saturated carbocycles. The maximum Gasteiger partial charge on any atom is 0.269 e. The molecule has 0 saturated heterocycles. The van der Waals surface area contributed by atoms with Crippen LogP contribution >= 0.6 is 0 Å². The molecule has 5 heteroatoms. The summed E-state index contributed by atoms with van der Waals surface area (Å²) in [7, 11) is 1.97. The van der Waals surface area contributed by atoms with Gasteiger partial charge >= 0.3 is 0 Å². The van der Waals surface area contributed by atoms with Crippen LogP contribution in [0.2, 0.25) is 0 Å². The smallest absolute Gasteiger partial charge is 0.258 e. The van der Waals surface area contributed by atoms with Crippen molar-refractivity contribution in [3.05, 3.63) is 58.7 Å². The molecule has 0 aliphatic rings. The van der Waals surface area contributed by atoms with Crippen molar-refractivity contribution in [1.82, 2.24) is 4.57 Å². The van der Waals surface area contributed by atoms with Gasteiger partial charge in [-0.1, -0.05) is 12.1 Å². The van der Waals surface area contributed by atoms with E-state index < -0.39 is 0 Å². The van der Waals surface area contributed by atoms with Gasteiger partial charge in [-0.15, -0.1) is 0 Å². The topological polar surface area (TPSA) is 52.0 Å². The standard InChI is InChI=1S/C12H14N3O2/c1-13-8-9-14(10-13)7-6-11-2-4-12(5-3-11)15(16)17/h2-5,8-10H,6-7H2,1H3/q+1. The zero-order chi connectivity index (χ0) is 12.3. The van der Waals surface area contributed by atoms with Crippen LogP contribution in [0.5, 0.6) is 0 Å². The second-order valence-corrected chi connectivity index (χ2v) is 3.99. The second kappa shape index (κ2) is 4.78. The van der Waals surface area contributed by atoms with Gasteiger partial charge in [0, 0.05) is 18.6 Å². The summed E-state index contributed by atoms with van der Waals surface area (Å²) in [6.07, 6.45) is 6.86. The maximum atomic E-state index is 10.5. The largest absolute Gasteiger partial charge is 0.269 e. The lowest BCUT2D eigenvalue weighted by Gasteiger charge is -1.98. The Bertz CT molecular complexity index is 517. The van der Waals surface area contributed by atoms with Gasteiger partial charge in [0.05, 0.1) is 18.5 Å². The van der Waals surface area contributed by atoms with Crippen LogP contribution in [0.3, 0.4) is 0 Å². The highest BCUT2D eigenvalue weighted by Crippen LogP contribution is 2.12. The molecule has 0 unspecified atom stereocenters. The first-order valence-corrected chi connectivity index (χ1v) is 5.39. The van der Waals surface area contributed by atoms with E-state index >= 15 is 0 Å². The van der Waals surface area contributed by atoms with Gasteiger partial charge in [0.25, 0.3) is 5.69 Å². The van der Waals surface area contributed by atoms with Crippen LogP contribution in [0.1, 0.15) is 5.56 Å². The first-order valence-electron chi connectivity index (χ1n) is 5.39. The fourth-order valence-electron chi connectivity index (χ4n) is 1.68. The SMILES string of the molecule is C[n+]1ccn(CCc2ccc([N+](=O)[O-])cc2)c1. The highest BCUT2D eigenvalue weighted by Gasteiger charge is 2.05. The molecule has 0 fully saturated rings. The summed E-state index contributed by atoms with van der Waals surface area (Å²) in [6, 6.07) is 6.71. The van der Waals surface area contributed by atoms with Crippen LogP contribution in [0.4, 0.5) is 5.69 Å². The number of rotatable bonds is 4. The lowest BCUT2D eigenvalue weighted by Crippen LogP contribution is -2.23. The summed E-state index contributed by atoms with van der Waals surface area (Å²) in [4.78, 5) is 10.1. The van der Waals surface area contributed by atoms with Gasteiger partial charge in [0.15, 0.2) is 0 Å². The summed E-state index contributed by atoms with van der Waals surface area (Å²) in [6.45, 7) is 0.874. The second-order valence-electron chi connectivity index (χ2n) is 3.99. The third-order valence-corrected chi connectivity index (χ3v) is 2.63. The van der Waals surface area contributed by atoms with E-state index in [1.54, 1.807) is 12.1 Å². The number of hydrogen-bond acceptors (Lipinski definition) is 2. The molecule has 0 aliphatic heterocycles. The quantitative estimate of drug-likeness (QED) is 0.455. The Morgan fingerprint density at radius 2 is 2.06 bits per heavy atom. The van der Waals surface area contributed by atoms with Gasteiger partial charge in [-0.05, 0) is 5.56 Å². The number of imidazole rings is 1. The Hall–Kier alpha value is -2.17. The van der Waals surface area contributed by atoms with Crippen molar-refractivity contribution in [2.75, 3.05) is 0 Å². The molecule has 0 spiro atoms. The van der Waals surface area contributed by atoms with Crippen molar-refractivity contribution >= 4 is 5.69 Å². The maximum absolute atomic E-state index is 10.5. The molecule has 0 amide bonds. The molecule has 88 valence electrons. The number of aromatic nitrogens is 2. The minimum Gasteiger partial charge on any atom is -0.258 e. The fraction of sp³-hybridized carbons (Fsp3) is 0.250.